The predicted octanol–water partition coefficient (Wildman–Crippen LogP) is 2.05. The predicted molar refractivity (Wildman–Crippen MR) is 55.5 cm³/mol. The summed E-state index contributed by atoms with van der Waals surface area (Å²) in [4.78, 5) is 10.8. The van der Waals surface area contributed by atoms with Crippen molar-refractivity contribution in [3.8, 4) is 0 Å². The average molecular weight is 205 g/mol. The molecule has 0 aliphatic heterocycles. The minimum absolute atomic E-state index is 0.237. The van der Waals surface area contributed by atoms with E-state index in [1.54, 1.807) is 24.3 Å². The molecule has 0 fully saturated rings. The fourth-order valence-corrected chi connectivity index (χ4v) is 0.902. The Bertz CT molecular complexity index is 406. The molecule has 0 atom stereocenters. The molecule has 0 aromatic heterocycles. The van der Waals surface area contributed by atoms with E-state index in [0.29, 0.717) is 5.69 Å². The number of hydrogen-bond donors (Lipinski definition) is 2. The lowest BCUT2D eigenvalue weighted by Crippen LogP contribution is -2.13. The van der Waals surface area contributed by atoms with Gasteiger partial charge in [0, 0.05) is 0 Å². The van der Waals surface area contributed by atoms with E-state index in [1.165, 1.54) is 6.92 Å². The molecule has 0 heterocycles. The third kappa shape index (κ3) is 3.22. The molecule has 78 valence electrons. The molecular weight excluding hydrogens is 194 g/mol. The number of aliphatic hydroxyl groups excluding tert-OH is 1. The smallest absolute Gasteiger partial charge is 0.272 e. The lowest BCUT2D eigenvalue weighted by molar-refractivity contribution is -0.114. The highest BCUT2D eigenvalue weighted by atomic mass is 16.3. The van der Waals surface area contributed by atoms with Crippen molar-refractivity contribution in [2.75, 3.05) is 0 Å². The van der Waals surface area contributed by atoms with Gasteiger partial charge in [0.05, 0.1) is 5.69 Å². The highest BCUT2D eigenvalue weighted by molar-refractivity contribution is 5.91. The first-order valence-electron chi connectivity index (χ1n) is 4.27. The number of benzene rings is 1. The lowest BCUT2D eigenvalue weighted by Gasteiger charge is -1.96. The maximum absolute atomic E-state index is 10.8. The second-order valence-corrected chi connectivity index (χ2v) is 2.83. The van der Waals surface area contributed by atoms with Gasteiger partial charge in [0.15, 0.2) is 5.70 Å². The summed E-state index contributed by atoms with van der Waals surface area (Å²) < 4.78 is 0. The number of nitrogens with two attached hydrogens (primary N) is 1. The highest BCUT2D eigenvalue weighted by Crippen LogP contribution is 2.13. The van der Waals surface area contributed by atoms with Crippen molar-refractivity contribution >= 4 is 11.6 Å². The quantitative estimate of drug-likeness (QED) is 0.449. The van der Waals surface area contributed by atoms with E-state index < -0.39 is 5.91 Å². The normalized spacial score (nSPS) is 12.6. The van der Waals surface area contributed by atoms with Gasteiger partial charge < -0.3 is 10.8 Å². The van der Waals surface area contributed by atoms with Crippen LogP contribution in [0.5, 0.6) is 0 Å². The number of hydrogen-bond acceptors (Lipinski definition) is 4. The van der Waals surface area contributed by atoms with Gasteiger partial charge in [-0.15, -0.1) is 5.11 Å². The van der Waals surface area contributed by atoms with Crippen molar-refractivity contribution in [1.29, 1.82) is 0 Å². The van der Waals surface area contributed by atoms with Gasteiger partial charge in [-0.2, -0.15) is 5.11 Å². The van der Waals surface area contributed by atoms with Crippen LogP contribution in [-0.2, 0) is 4.79 Å². The minimum Gasteiger partial charge on any atom is -0.510 e. The van der Waals surface area contributed by atoms with Gasteiger partial charge in [-0.1, -0.05) is 18.2 Å². The topological polar surface area (TPSA) is 88.0 Å². The van der Waals surface area contributed by atoms with Crippen molar-refractivity contribution < 1.29 is 9.90 Å². The number of aliphatic hydroxyl groups is 1. The number of rotatable bonds is 3. The van der Waals surface area contributed by atoms with Crippen LogP contribution in [0.2, 0.25) is 0 Å². The van der Waals surface area contributed by atoms with E-state index in [9.17, 15) is 4.79 Å². The van der Waals surface area contributed by atoms with E-state index in [4.69, 9.17) is 10.8 Å². The standard InChI is InChI=1S/C10H11N3O2/c1-7(14)9(10(11)15)13-12-8-5-3-2-4-6-8/h2-6,14H,1H3,(H2,11,15). The third-order valence-electron chi connectivity index (χ3n) is 1.60. The van der Waals surface area contributed by atoms with Crippen LogP contribution in [0, 0.1) is 0 Å². The number of azo groups is 1. The second-order valence-electron chi connectivity index (χ2n) is 2.83. The maximum atomic E-state index is 10.8. The van der Waals surface area contributed by atoms with Crippen molar-refractivity contribution in [1.82, 2.24) is 0 Å². The van der Waals surface area contributed by atoms with Crippen LogP contribution in [0.15, 0.2) is 52.0 Å². The van der Waals surface area contributed by atoms with Crippen LogP contribution < -0.4 is 5.73 Å². The summed E-state index contributed by atoms with van der Waals surface area (Å²) in [6, 6.07) is 8.84. The fraction of sp³-hybridized carbons (Fsp3) is 0.100. The zero-order valence-corrected chi connectivity index (χ0v) is 8.21. The van der Waals surface area contributed by atoms with Gasteiger partial charge >= 0.3 is 0 Å². The van der Waals surface area contributed by atoms with Crippen molar-refractivity contribution in [2.45, 2.75) is 6.92 Å². The first-order valence-corrected chi connectivity index (χ1v) is 4.27. The highest BCUT2D eigenvalue weighted by Gasteiger charge is 2.07. The van der Waals surface area contributed by atoms with Crippen LogP contribution in [-0.4, -0.2) is 11.0 Å². The van der Waals surface area contributed by atoms with Crippen LogP contribution in [0.25, 0.3) is 0 Å². The number of nitrogens with zero attached hydrogens (tertiary/aromatic N) is 2. The Balaban J connectivity index is 2.90. The number of primary amides is 1. The van der Waals surface area contributed by atoms with Gasteiger partial charge in [0.1, 0.15) is 5.76 Å². The summed E-state index contributed by atoms with van der Waals surface area (Å²) in [6.07, 6.45) is 0. The second kappa shape index (κ2) is 4.90. The summed E-state index contributed by atoms with van der Waals surface area (Å²) in [6.45, 7) is 1.32. The summed E-state index contributed by atoms with van der Waals surface area (Å²) >= 11 is 0. The number of carbonyl (C=O) groups excluding carboxylic acids is 1. The summed E-state index contributed by atoms with van der Waals surface area (Å²) in [5.74, 6) is -1.06. The molecule has 1 aromatic carbocycles. The molecule has 1 amide bonds. The van der Waals surface area contributed by atoms with Crippen LogP contribution in [0.1, 0.15) is 6.92 Å². The Morgan fingerprint density at radius 1 is 1.33 bits per heavy atom. The molecule has 0 spiro atoms. The number of allylic oxidation sites excluding steroid dienone is 1. The molecule has 1 rings (SSSR count). The number of carbonyl (C=O) groups is 1. The Morgan fingerprint density at radius 2 is 1.93 bits per heavy atom. The first-order chi connectivity index (χ1) is 7.11. The molecule has 0 radical (unpaired) electrons. The van der Waals surface area contributed by atoms with E-state index in [2.05, 4.69) is 10.2 Å². The SMILES string of the molecule is CC(O)=C(N=Nc1ccccc1)C(N)=O. The molecule has 0 aliphatic carbocycles. The zero-order valence-electron chi connectivity index (χ0n) is 8.21. The summed E-state index contributed by atoms with van der Waals surface area (Å²) in [5.41, 5.74) is 5.34. The molecule has 0 aliphatic rings. The molecule has 0 bridgehead atoms. The van der Waals surface area contributed by atoms with Crippen LogP contribution >= 0.6 is 0 Å². The molecule has 3 N–H and O–H groups in total. The molecule has 15 heavy (non-hydrogen) atoms. The zero-order chi connectivity index (χ0) is 11.3. The largest absolute Gasteiger partial charge is 0.510 e. The molecule has 5 heteroatoms. The molecule has 1 aromatic rings. The Hall–Kier alpha value is -2.17. The first kappa shape index (κ1) is 10.9. The van der Waals surface area contributed by atoms with Crippen molar-refractivity contribution in [3.63, 3.8) is 0 Å². The van der Waals surface area contributed by atoms with Gasteiger partial charge in [-0.05, 0) is 19.1 Å². The molecule has 0 saturated carbocycles. The molecule has 0 unspecified atom stereocenters. The summed E-state index contributed by atoms with van der Waals surface area (Å²) in [7, 11) is 0. The Kier molecular flexibility index (Phi) is 3.56. The van der Waals surface area contributed by atoms with Gasteiger partial charge in [-0.3, -0.25) is 4.79 Å². The minimum atomic E-state index is -0.810. The van der Waals surface area contributed by atoms with Crippen LogP contribution in [0.3, 0.4) is 0 Å². The summed E-state index contributed by atoms with van der Waals surface area (Å²) in [5, 5.41) is 16.4. The van der Waals surface area contributed by atoms with Crippen LogP contribution in [0.4, 0.5) is 5.69 Å². The Labute approximate surface area is 86.9 Å². The van der Waals surface area contributed by atoms with Gasteiger partial charge in [0.25, 0.3) is 5.91 Å². The van der Waals surface area contributed by atoms with Crippen molar-refractivity contribution in [3.05, 3.63) is 41.8 Å². The third-order valence-corrected chi connectivity index (χ3v) is 1.60. The van der Waals surface area contributed by atoms with Crippen molar-refractivity contribution in [2.24, 2.45) is 16.0 Å². The van der Waals surface area contributed by atoms with E-state index >= 15 is 0 Å². The maximum Gasteiger partial charge on any atom is 0.272 e. The van der Waals surface area contributed by atoms with Gasteiger partial charge in [-0.25, -0.2) is 0 Å². The molecule has 0 saturated heterocycles. The van der Waals surface area contributed by atoms with E-state index in [0.717, 1.165) is 0 Å². The Morgan fingerprint density at radius 3 is 2.40 bits per heavy atom. The van der Waals surface area contributed by atoms with E-state index in [1.807, 2.05) is 6.07 Å². The molecular formula is C10H11N3O2. The number of amides is 1. The fourth-order valence-electron chi connectivity index (χ4n) is 0.902. The lowest BCUT2D eigenvalue weighted by atomic mass is 10.3. The van der Waals surface area contributed by atoms with Gasteiger partial charge in [0.2, 0.25) is 0 Å². The molecule has 5 nitrogen and oxygen atoms in total. The van der Waals surface area contributed by atoms with E-state index in [-0.39, 0.29) is 11.5 Å². The average Bonchev–Trinajstić information content (AvgIpc) is 2.18. The monoisotopic (exact) mass is 205 g/mol.